The van der Waals surface area contributed by atoms with Crippen molar-refractivity contribution in [3.63, 3.8) is 0 Å². The van der Waals surface area contributed by atoms with E-state index in [1.54, 1.807) is 0 Å². The number of aliphatic carboxylic acids is 1. The second kappa shape index (κ2) is 4.32. The van der Waals surface area contributed by atoms with Crippen molar-refractivity contribution in [2.45, 2.75) is 40.0 Å². The van der Waals surface area contributed by atoms with E-state index in [4.69, 9.17) is 12.6 Å². The molecule has 2 aliphatic rings. The molecular weight excluding hydrogens is 246 g/mol. The lowest BCUT2D eigenvalue weighted by molar-refractivity contribution is -0.183. The third kappa shape index (κ3) is 2.80. The van der Waals surface area contributed by atoms with E-state index in [1.165, 1.54) is 6.21 Å². The Labute approximate surface area is 115 Å². The molecule has 19 heavy (non-hydrogen) atoms. The standard InChI is InChI=1S/C14H21NO4/c1-12(8-15-4-10(16)17)5-13(2)7-14(3,6-12)11(18)19-9-13/h8H,4-7,9H2,1-3H3,(H,16,17)/t12-,13+,14-/m0/s1/i4D2. The first-order chi connectivity index (χ1) is 9.40. The summed E-state index contributed by atoms with van der Waals surface area (Å²) in [6.07, 6.45) is 3.28. The molecule has 2 fully saturated rings. The van der Waals surface area contributed by atoms with Crippen LogP contribution in [0.3, 0.4) is 0 Å². The van der Waals surface area contributed by atoms with Gasteiger partial charge in [0.1, 0.15) is 6.50 Å². The number of aliphatic imine (C=N–C) groups is 1. The predicted molar refractivity (Wildman–Crippen MR) is 70.1 cm³/mol. The Morgan fingerprint density at radius 3 is 2.79 bits per heavy atom. The van der Waals surface area contributed by atoms with Gasteiger partial charge in [-0.1, -0.05) is 13.8 Å². The van der Waals surface area contributed by atoms with Crippen molar-refractivity contribution in [3.8, 4) is 0 Å². The quantitative estimate of drug-likeness (QED) is 0.627. The lowest BCUT2D eigenvalue weighted by Gasteiger charge is -2.53. The topological polar surface area (TPSA) is 76.0 Å². The molecule has 0 unspecified atom stereocenters. The van der Waals surface area contributed by atoms with E-state index in [0.717, 1.165) is 6.42 Å². The second-order valence-corrected chi connectivity index (χ2v) is 6.81. The molecule has 0 radical (unpaired) electrons. The zero-order chi connectivity index (χ0) is 16.1. The van der Waals surface area contributed by atoms with Crippen molar-refractivity contribution in [3.05, 3.63) is 0 Å². The Kier molecular flexibility index (Phi) is 2.60. The number of carboxylic acid groups (broad SMARTS) is 1. The molecular formula is C14H21NO4. The van der Waals surface area contributed by atoms with Crippen LogP contribution in [0.1, 0.15) is 42.8 Å². The van der Waals surface area contributed by atoms with Gasteiger partial charge in [-0.3, -0.25) is 14.6 Å². The molecule has 5 nitrogen and oxygen atoms in total. The van der Waals surface area contributed by atoms with Gasteiger partial charge in [0.15, 0.2) is 0 Å². The van der Waals surface area contributed by atoms with Crippen LogP contribution in [0, 0.1) is 16.2 Å². The molecule has 1 aliphatic carbocycles. The van der Waals surface area contributed by atoms with Crippen LogP contribution in [0.25, 0.3) is 0 Å². The third-order valence-electron chi connectivity index (χ3n) is 4.02. The van der Waals surface area contributed by atoms with Gasteiger partial charge in [-0.2, -0.15) is 0 Å². The largest absolute Gasteiger partial charge is 0.480 e. The average molecular weight is 269 g/mol. The van der Waals surface area contributed by atoms with E-state index in [0.29, 0.717) is 19.4 Å². The SMILES string of the molecule is [2H]C([2H])(N=C[C@@]1(C)C[C@@]2(C)COC(=O)[C@@](C)(C1)C2)C(=O)O. The molecule has 106 valence electrons. The molecule has 0 aromatic carbocycles. The van der Waals surface area contributed by atoms with Crippen molar-refractivity contribution in [2.24, 2.45) is 21.2 Å². The van der Waals surface area contributed by atoms with Gasteiger partial charge >= 0.3 is 11.9 Å². The van der Waals surface area contributed by atoms with Gasteiger partial charge in [-0.25, -0.2) is 0 Å². The van der Waals surface area contributed by atoms with Crippen LogP contribution in [0.4, 0.5) is 0 Å². The van der Waals surface area contributed by atoms with E-state index in [9.17, 15) is 9.59 Å². The molecule has 1 heterocycles. The maximum Gasteiger partial charge on any atom is 0.325 e. The molecule has 0 aromatic heterocycles. The summed E-state index contributed by atoms with van der Waals surface area (Å²) in [6.45, 7) is 3.48. The highest BCUT2D eigenvalue weighted by Crippen LogP contribution is 2.56. The number of carbonyl (C=O) groups excluding carboxylic acids is 1. The van der Waals surface area contributed by atoms with Crippen LogP contribution in [-0.2, 0) is 14.3 Å². The number of cyclic esters (lactones) is 1. The lowest BCUT2D eigenvalue weighted by Crippen LogP contribution is -2.53. The zero-order valence-electron chi connectivity index (χ0n) is 13.5. The van der Waals surface area contributed by atoms with Crippen LogP contribution >= 0.6 is 0 Å². The molecule has 0 aromatic rings. The van der Waals surface area contributed by atoms with Crippen molar-refractivity contribution in [1.82, 2.24) is 0 Å². The van der Waals surface area contributed by atoms with Gasteiger partial charge in [-0.05, 0) is 26.2 Å². The maximum atomic E-state index is 12.0. The van der Waals surface area contributed by atoms with Gasteiger partial charge in [0.2, 0.25) is 0 Å². The fraction of sp³-hybridized carbons (Fsp3) is 0.786. The molecule has 1 saturated carbocycles. The molecule has 0 amide bonds. The Balaban J connectivity index is 2.29. The highest BCUT2D eigenvalue weighted by atomic mass is 16.5. The molecule has 5 heteroatoms. The summed E-state index contributed by atoms with van der Waals surface area (Å²) >= 11 is 0. The maximum absolute atomic E-state index is 12.0. The second-order valence-electron chi connectivity index (χ2n) is 6.81. The van der Waals surface area contributed by atoms with E-state index >= 15 is 0 Å². The first kappa shape index (κ1) is 11.4. The minimum absolute atomic E-state index is 0.183. The molecule has 2 bridgehead atoms. The minimum Gasteiger partial charge on any atom is -0.480 e. The predicted octanol–water partition coefficient (Wildman–Crippen LogP) is 1.90. The minimum atomic E-state index is -2.64. The van der Waals surface area contributed by atoms with Crippen LogP contribution < -0.4 is 0 Å². The molecule has 2 rings (SSSR count). The van der Waals surface area contributed by atoms with E-state index in [-0.39, 0.29) is 11.4 Å². The van der Waals surface area contributed by atoms with Gasteiger partial charge in [0, 0.05) is 17.0 Å². The first-order valence-corrected chi connectivity index (χ1v) is 6.37. The summed E-state index contributed by atoms with van der Waals surface area (Å²) in [5.74, 6) is -1.85. The Bertz CT molecular complexity index is 521. The first-order valence-electron chi connectivity index (χ1n) is 7.37. The van der Waals surface area contributed by atoms with Crippen LogP contribution in [0.5, 0.6) is 0 Å². The Hall–Kier alpha value is -1.39. The van der Waals surface area contributed by atoms with Crippen molar-refractivity contribution in [2.75, 3.05) is 13.1 Å². The molecule has 1 saturated heterocycles. The van der Waals surface area contributed by atoms with Crippen LogP contribution in [-0.4, -0.2) is 36.4 Å². The summed E-state index contributed by atoms with van der Waals surface area (Å²) in [4.78, 5) is 26.5. The van der Waals surface area contributed by atoms with Crippen molar-refractivity contribution < 1.29 is 22.2 Å². The summed E-state index contributed by atoms with van der Waals surface area (Å²) in [5, 5.41) is 8.80. The van der Waals surface area contributed by atoms with E-state index < -0.39 is 23.3 Å². The summed E-state index contributed by atoms with van der Waals surface area (Å²) in [6, 6.07) is 0. The number of nitrogens with zero attached hydrogens (tertiary/aromatic N) is 1. The molecule has 0 spiro atoms. The number of ether oxygens (including phenoxy) is 1. The molecule has 1 N–H and O–H groups in total. The number of carboxylic acids is 1. The third-order valence-corrected chi connectivity index (χ3v) is 4.02. The van der Waals surface area contributed by atoms with Gasteiger partial charge < -0.3 is 9.84 Å². The zero-order valence-corrected chi connectivity index (χ0v) is 11.5. The number of esters is 1. The van der Waals surface area contributed by atoms with Crippen molar-refractivity contribution in [1.29, 1.82) is 0 Å². The number of carbonyl (C=O) groups is 2. The van der Waals surface area contributed by atoms with E-state index in [1.807, 2.05) is 20.8 Å². The monoisotopic (exact) mass is 269 g/mol. The van der Waals surface area contributed by atoms with Gasteiger partial charge in [0.05, 0.1) is 14.8 Å². The summed E-state index contributed by atoms with van der Waals surface area (Å²) in [7, 11) is 0. The summed E-state index contributed by atoms with van der Waals surface area (Å²) < 4.78 is 20.0. The fourth-order valence-electron chi connectivity index (χ4n) is 3.99. The van der Waals surface area contributed by atoms with E-state index in [2.05, 4.69) is 4.99 Å². The normalized spacial score (nSPS) is 44.5. The van der Waals surface area contributed by atoms with Crippen LogP contribution in [0.2, 0.25) is 0 Å². The fourth-order valence-corrected chi connectivity index (χ4v) is 3.99. The number of hydrogen-bond acceptors (Lipinski definition) is 4. The molecule has 1 aliphatic heterocycles. The number of rotatable bonds is 3. The van der Waals surface area contributed by atoms with Crippen LogP contribution in [0.15, 0.2) is 4.99 Å². The number of hydrogen-bond donors (Lipinski definition) is 1. The molecule has 3 atom stereocenters. The highest BCUT2D eigenvalue weighted by molar-refractivity contribution is 5.80. The Morgan fingerprint density at radius 2 is 2.16 bits per heavy atom. The smallest absolute Gasteiger partial charge is 0.325 e. The number of fused-ring (bicyclic) bond motifs is 2. The Morgan fingerprint density at radius 1 is 1.47 bits per heavy atom. The summed E-state index contributed by atoms with van der Waals surface area (Å²) in [5.41, 5.74) is -1.33. The average Bonchev–Trinajstić information content (AvgIpc) is 2.31. The van der Waals surface area contributed by atoms with Gasteiger partial charge in [0.25, 0.3) is 0 Å². The van der Waals surface area contributed by atoms with Crippen molar-refractivity contribution >= 4 is 18.2 Å². The lowest BCUT2D eigenvalue weighted by atomic mass is 9.54. The van der Waals surface area contributed by atoms with Gasteiger partial charge in [-0.15, -0.1) is 0 Å². The highest BCUT2D eigenvalue weighted by Gasteiger charge is 2.55.